The van der Waals surface area contributed by atoms with Crippen molar-refractivity contribution in [2.45, 2.75) is 0 Å². The van der Waals surface area contributed by atoms with Crippen molar-refractivity contribution in [2.75, 3.05) is 0 Å². The van der Waals surface area contributed by atoms with Crippen LogP contribution in [0.2, 0.25) is 0 Å². The molecule has 0 saturated heterocycles. The summed E-state index contributed by atoms with van der Waals surface area (Å²) in [5.41, 5.74) is -0.178. The van der Waals surface area contributed by atoms with E-state index in [0.29, 0.717) is 5.56 Å². The molecule has 0 bridgehead atoms. The van der Waals surface area contributed by atoms with E-state index in [1.54, 1.807) is 0 Å². The minimum atomic E-state index is -1.36. The van der Waals surface area contributed by atoms with Crippen molar-refractivity contribution in [3.8, 4) is 11.1 Å². The van der Waals surface area contributed by atoms with Crippen molar-refractivity contribution in [3.63, 3.8) is 0 Å². The first-order valence-corrected chi connectivity index (χ1v) is 5.36. The van der Waals surface area contributed by atoms with Crippen molar-refractivity contribution in [1.82, 2.24) is 0 Å². The molecular weight excluding hydrogens is 251 g/mol. The van der Waals surface area contributed by atoms with Gasteiger partial charge in [0.05, 0.1) is 11.1 Å². The van der Waals surface area contributed by atoms with Gasteiger partial charge in [-0.25, -0.2) is 14.0 Å². The van der Waals surface area contributed by atoms with Crippen LogP contribution >= 0.6 is 0 Å². The van der Waals surface area contributed by atoms with Gasteiger partial charge >= 0.3 is 11.9 Å². The first kappa shape index (κ1) is 12.8. The van der Waals surface area contributed by atoms with Crippen LogP contribution in [0.25, 0.3) is 11.1 Å². The zero-order chi connectivity index (χ0) is 14.0. The maximum Gasteiger partial charge on any atom is 0.337 e. The first-order chi connectivity index (χ1) is 9.00. The van der Waals surface area contributed by atoms with Gasteiger partial charge in [-0.3, -0.25) is 0 Å². The predicted octanol–water partition coefficient (Wildman–Crippen LogP) is 2.89. The normalized spacial score (nSPS) is 10.2. The first-order valence-electron chi connectivity index (χ1n) is 5.36. The number of benzene rings is 2. The molecule has 0 atom stereocenters. The van der Waals surface area contributed by atoms with Gasteiger partial charge in [0, 0.05) is 0 Å². The molecule has 2 aromatic carbocycles. The van der Waals surface area contributed by atoms with Gasteiger partial charge < -0.3 is 10.2 Å². The van der Waals surface area contributed by atoms with Crippen LogP contribution in [0.5, 0.6) is 0 Å². The summed E-state index contributed by atoms with van der Waals surface area (Å²) in [7, 11) is 0. The van der Waals surface area contributed by atoms with Crippen LogP contribution in [0.1, 0.15) is 20.7 Å². The van der Waals surface area contributed by atoms with Gasteiger partial charge in [-0.1, -0.05) is 24.3 Å². The molecule has 0 aliphatic carbocycles. The Morgan fingerprint density at radius 3 is 2.21 bits per heavy atom. The van der Waals surface area contributed by atoms with Crippen molar-refractivity contribution >= 4 is 11.9 Å². The summed E-state index contributed by atoms with van der Waals surface area (Å²) in [5.74, 6) is -3.22. The number of rotatable bonds is 3. The van der Waals surface area contributed by atoms with Crippen molar-refractivity contribution < 1.29 is 24.2 Å². The molecule has 2 rings (SSSR count). The topological polar surface area (TPSA) is 74.6 Å². The summed E-state index contributed by atoms with van der Waals surface area (Å²) in [6, 6.07) is 9.42. The number of aromatic carboxylic acids is 2. The molecule has 0 aromatic heterocycles. The highest BCUT2D eigenvalue weighted by Crippen LogP contribution is 2.27. The molecule has 0 spiro atoms. The Hall–Kier alpha value is -2.69. The second kappa shape index (κ2) is 4.89. The fourth-order valence-electron chi connectivity index (χ4n) is 1.86. The highest BCUT2D eigenvalue weighted by molar-refractivity contribution is 6.06. The second-order valence-corrected chi connectivity index (χ2v) is 3.85. The van der Waals surface area contributed by atoms with Gasteiger partial charge in [0.15, 0.2) is 0 Å². The lowest BCUT2D eigenvalue weighted by molar-refractivity contribution is 0.0652. The standard InChI is InChI=1S/C14H9FO4/c15-9-4-1-3-8(7-9)10-5-2-6-11(13(16)17)12(10)14(18)19/h1-7H,(H,16,17)(H,18,19). The Morgan fingerprint density at radius 2 is 1.63 bits per heavy atom. The Bertz CT molecular complexity index is 664. The average Bonchev–Trinajstić information content (AvgIpc) is 2.37. The van der Waals surface area contributed by atoms with Crippen molar-refractivity contribution in [2.24, 2.45) is 0 Å². The molecule has 2 N–H and O–H groups in total. The van der Waals surface area contributed by atoms with Crippen LogP contribution in [0.3, 0.4) is 0 Å². The van der Waals surface area contributed by atoms with Crippen LogP contribution in [0, 0.1) is 5.82 Å². The molecule has 4 nitrogen and oxygen atoms in total. The molecule has 0 heterocycles. The second-order valence-electron chi connectivity index (χ2n) is 3.85. The minimum Gasteiger partial charge on any atom is -0.478 e. The zero-order valence-corrected chi connectivity index (χ0v) is 9.63. The largest absolute Gasteiger partial charge is 0.478 e. The van der Waals surface area contributed by atoms with Crippen LogP contribution in [-0.4, -0.2) is 22.2 Å². The number of carboxylic acid groups (broad SMARTS) is 2. The van der Waals surface area contributed by atoms with E-state index >= 15 is 0 Å². The Kier molecular flexibility index (Phi) is 3.29. The number of hydrogen-bond donors (Lipinski definition) is 2. The Balaban J connectivity index is 2.73. The van der Waals surface area contributed by atoms with Crippen molar-refractivity contribution in [3.05, 3.63) is 59.4 Å². The highest BCUT2D eigenvalue weighted by Gasteiger charge is 2.20. The van der Waals surface area contributed by atoms with Crippen LogP contribution in [-0.2, 0) is 0 Å². The van der Waals surface area contributed by atoms with E-state index in [-0.39, 0.29) is 16.7 Å². The third-order valence-electron chi connectivity index (χ3n) is 2.64. The molecular formula is C14H9FO4. The van der Waals surface area contributed by atoms with Gasteiger partial charge in [-0.05, 0) is 29.3 Å². The van der Waals surface area contributed by atoms with Crippen LogP contribution in [0.4, 0.5) is 4.39 Å². The Morgan fingerprint density at radius 1 is 0.947 bits per heavy atom. The fourth-order valence-corrected chi connectivity index (χ4v) is 1.86. The average molecular weight is 260 g/mol. The van der Waals surface area contributed by atoms with Crippen LogP contribution < -0.4 is 0 Å². The van der Waals surface area contributed by atoms with Crippen molar-refractivity contribution in [1.29, 1.82) is 0 Å². The van der Waals surface area contributed by atoms with Crippen LogP contribution in [0.15, 0.2) is 42.5 Å². The van der Waals surface area contributed by atoms with Gasteiger partial charge in [0.2, 0.25) is 0 Å². The molecule has 19 heavy (non-hydrogen) atoms. The van der Waals surface area contributed by atoms with E-state index in [1.807, 2.05) is 0 Å². The van der Waals surface area contributed by atoms with E-state index < -0.39 is 17.8 Å². The molecule has 96 valence electrons. The lowest BCUT2D eigenvalue weighted by Crippen LogP contribution is -2.09. The zero-order valence-electron chi connectivity index (χ0n) is 9.63. The predicted molar refractivity (Wildman–Crippen MR) is 65.8 cm³/mol. The fraction of sp³-hybridized carbons (Fsp3) is 0. The molecule has 0 fully saturated rings. The lowest BCUT2D eigenvalue weighted by Gasteiger charge is -2.09. The summed E-state index contributed by atoms with van der Waals surface area (Å²) >= 11 is 0. The summed E-state index contributed by atoms with van der Waals surface area (Å²) in [4.78, 5) is 22.3. The molecule has 0 aliphatic rings. The molecule has 0 saturated carbocycles. The molecule has 0 unspecified atom stereocenters. The van der Waals surface area contributed by atoms with Gasteiger partial charge in [0.1, 0.15) is 5.82 Å². The molecule has 2 aromatic rings. The van der Waals surface area contributed by atoms with E-state index in [0.717, 1.165) is 6.07 Å². The maximum absolute atomic E-state index is 13.2. The third kappa shape index (κ3) is 2.44. The van der Waals surface area contributed by atoms with E-state index in [9.17, 15) is 14.0 Å². The summed E-state index contributed by atoms with van der Waals surface area (Å²) in [6.45, 7) is 0. The van der Waals surface area contributed by atoms with Gasteiger partial charge in [0.25, 0.3) is 0 Å². The number of carbonyl (C=O) groups is 2. The number of carboxylic acids is 2. The third-order valence-corrected chi connectivity index (χ3v) is 2.64. The molecule has 5 heteroatoms. The molecule has 0 amide bonds. The number of halogens is 1. The van der Waals surface area contributed by atoms with Gasteiger partial charge in [-0.2, -0.15) is 0 Å². The summed E-state index contributed by atoms with van der Waals surface area (Å²) in [5, 5.41) is 18.2. The minimum absolute atomic E-state index is 0.173. The molecule has 0 radical (unpaired) electrons. The molecule has 0 aliphatic heterocycles. The van der Waals surface area contributed by atoms with E-state index in [4.69, 9.17) is 10.2 Å². The van der Waals surface area contributed by atoms with E-state index in [1.165, 1.54) is 36.4 Å². The lowest BCUT2D eigenvalue weighted by atomic mass is 9.95. The SMILES string of the molecule is O=C(O)c1cccc(-c2cccc(F)c2)c1C(=O)O. The summed E-state index contributed by atoms with van der Waals surface area (Å²) in [6.07, 6.45) is 0. The monoisotopic (exact) mass is 260 g/mol. The number of hydrogen-bond acceptors (Lipinski definition) is 2. The van der Waals surface area contributed by atoms with E-state index in [2.05, 4.69) is 0 Å². The maximum atomic E-state index is 13.2. The highest BCUT2D eigenvalue weighted by atomic mass is 19.1. The Labute approximate surface area is 107 Å². The van der Waals surface area contributed by atoms with Gasteiger partial charge in [-0.15, -0.1) is 0 Å². The quantitative estimate of drug-likeness (QED) is 0.889. The summed E-state index contributed by atoms with van der Waals surface area (Å²) < 4.78 is 13.2. The smallest absolute Gasteiger partial charge is 0.337 e.